The van der Waals surface area contributed by atoms with Crippen molar-refractivity contribution in [1.29, 1.82) is 0 Å². The SMILES string of the molecule is CC(C)(C)c1cn2ccc(CC(C)(C)c3cc4c(Cl)cc(Cl)cc4[nH]3)cc2n1. The van der Waals surface area contributed by atoms with Crippen LogP contribution in [0.25, 0.3) is 16.6 Å². The Morgan fingerprint density at radius 1 is 1.04 bits per heavy atom. The van der Waals surface area contributed by atoms with Gasteiger partial charge in [-0.2, -0.15) is 0 Å². The van der Waals surface area contributed by atoms with E-state index in [0.29, 0.717) is 10.0 Å². The summed E-state index contributed by atoms with van der Waals surface area (Å²) in [5, 5.41) is 2.32. The molecule has 28 heavy (non-hydrogen) atoms. The molecule has 0 saturated heterocycles. The van der Waals surface area contributed by atoms with E-state index in [2.05, 4.69) is 74.6 Å². The molecule has 146 valence electrons. The molecule has 0 spiro atoms. The summed E-state index contributed by atoms with van der Waals surface area (Å²) in [5.74, 6) is 0. The lowest BCUT2D eigenvalue weighted by atomic mass is 9.83. The van der Waals surface area contributed by atoms with Crippen molar-refractivity contribution in [2.75, 3.05) is 0 Å². The van der Waals surface area contributed by atoms with E-state index in [9.17, 15) is 0 Å². The molecule has 1 aromatic carbocycles. The van der Waals surface area contributed by atoms with Gasteiger partial charge in [-0.15, -0.1) is 0 Å². The largest absolute Gasteiger partial charge is 0.358 e. The summed E-state index contributed by atoms with van der Waals surface area (Å²) >= 11 is 12.5. The summed E-state index contributed by atoms with van der Waals surface area (Å²) in [5.41, 5.74) is 5.41. The van der Waals surface area contributed by atoms with E-state index in [-0.39, 0.29) is 10.8 Å². The van der Waals surface area contributed by atoms with E-state index >= 15 is 0 Å². The zero-order valence-corrected chi connectivity index (χ0v) is 18.4. The zero-order chi connectivity index (χ0) is 20.3. The highest BCUT2D eigenvalue weighted by Gasteiger charge is 2.25. The number of aromatic nitrogens is 3. The minimum Gasteiger partial charge on any atom is -0.358 e. The lowest BCUT2D eigenvalue weighted by molar-refractivity contribution is 0.509. The van der Waals surface area contributed by atoms with Gasteiger partial charge in [-0.05, 0) is 42.3 Å². The molecule has 0 saturated carbocycles. The smallest absolute Gasteiger partial charge is 0.137 e. The van der Waals surface area contributed by atoms with Crippen LogP contribution in [0.15, 0.2) is 42.7 Å². The van der Waals surface area contributed by atoms with Crippen molar-refractivity contribution in [1.82, 2.24) is 14.4 Å². The van der Waals surface area contributed by atoms with Gasteiger partial charge in [0.2, 0.25) is 0 Å². The quantitative estimate of drug-likeness (QED) is 0.387. The second-order valence-corrected chi connectivity index (χ2v) is 10.1. The Morgan fingerprint density at radius 3 is 2.50 bits per heavy atom. The highest BCUT2D eigenvalue weighted by atomic mass is 35.5. The van der Waals surface area contributed by atoms with E-state index in [1.807, 2.05) is 6.07 Å². The van der Waals surface area contributed by atoms with Crippen molar-refractivity contribution in [2.45, 2.75) is 51.9 Å². The lowest BCUT2D eigenvalue weighted by Gasteiger charge is -2.23. The average molecular weight is 414 g/mol. The van der Waals surface area contributed by atoms with Gasteiger partial charge < -0.3 is 9.38 Å². The van der Waals surface area contributed by atoms with Crippen LogP contribution in [0, 0.1) is 0 Å². The van der Waals surface area contributed by atoms with Gasteiger partial charge in [0, 0.05) is 44.8 Å². The minimum absolute atomic E-state index is 0.0380. The monoisotopic (exact) mass is 413 g/mol. The number of pyridine rings is 1. The second kappa shape index (κ2) is 6.53. The van der Waals surface area contributed by atoms with Gasteiger partial charge in [0.05, 0.1) is 10.7 Å². The number of hydrogen-bond donors (Lipinski definition) is 1. The molecule has 5 heteroatoms. The molecule has 3 aromatic heterocycles. The molecule has 0 aliphatic heterocycles. The van der Waals surface area contributed by atoms with Crippen molar-refractivity contribution in [3.05, 3.63) is 69.7 Å². The molecule has 0 fully saturated rings. The van der Waals surface area contributed by atoms with Crippen LogP contribution >= 0.6 is 23.2 Å². The van der Waals surface area contributed by atoms with Crippen molar-refractivity contribution >= 4 is 39.8 Å². The molecular weight excluding hydrogens is 389 g/mol. The summed E-state index contributed by atoms with van der Waals surface area (Å²) in [7, 11) is 0. The van der Waals surface area contributed by atoms with Crippen molar-refractivity contribution in [3.8, 4) is 0 Å². The molecule has 4 rings (SSSR count). The highest BCUT2D eigenvalue weighted by Crippen LogP contribution is 2.34. The van der Waals surface area contributed by atoms with E-state index in [1.54, 1.807) is 6.07 Å². The summed E-state index contributed by atoms with van der Waals surface area (Å²) in [6.07, 6.45) is 5.11. The molecule has 0 atom stereocenters. The van der Waals surface area contributed by atoms with Crippen LogP contribution in [-0.4, -0.2) is 14.4 Å². The van der Waals surface area contributed by atoms with Gasteiger partial charge in [-0.3, -0.25) is 0 Å². The van der Waals surface area contributed by atoms with Gasteiger partial charge in [0.25, 0.3) is 0 Å². The number of aromatic amines is 1. The summed E-state index contributed by atoms with van der Waals surface area (Å²) in [6, 6.07) is 10.2. The molecule has 0 radical (unpaired) electrons. The number of benzene rings is 1. The van der Waals surface area contributed by atoms with Gasteiger partial charge in [-0.1, -0.05) is 57.8 Å². The first-order valence-electron chi connectivity index (χ1n) is 9.49. The molecule has 1 N–H and O–H groups in total. The predicted molar refractivity (Wildman–Crippen MR) is 119 cm³/mol. The van der Waals surface area contributed by atoms with Gasteiger partial charge >= 0.3 is 0 Å². The van der Waals surface area contributed by atoms with E-state index in [1.165, 1.54) is 5.56 Å². The maximum absolute atomic E-state index is 6.37. The Kier molecular flexibility index (Phi) is 4.52. The molecule has 0 aliphatic carbocycles. The summed E-state index contributed by atoms with van der Waals surface area (Å²) < 4.78 is 2.10. The fourth-order valence-electron chi connectivity index (χ4n) is 3.63. The number of hydrogen-bond acceptors (Lipinski definition) is 1. The van der Waals surface area contributed by atoms with Crippen molar-refractivity contribution in [3.63, 3.8) is 0 Å². The van der Waals surface area contributed by atoms with Crippen LogP contribution in [-0.2, 0) is 17.3 Å². The standard InChI is InChI=1S/C23H25Cl2N3/c1-22(2,3)20-13-28-7-6-14(8-21(28)27-20)12-23(4,5)19-11-16-17(25)9-15(24)10-18(16)26-19/h6-11,13,26H,12H2,1-5H3. The topological polar surface area (TPSA) is 33.1 Å². The van der Waals surface area contributed by atoms with Crippen LogP contribution in [0.4, 0.5) is 0 Å². The lowest BCUT2D eigenvalue weighted by Crippen LogP contribution is -2.21. The third-order valence-electron chi connectivity index (χ3n) is 5.32. The number of halogens is 2. The number of fused-ring (bicyclic) bond motifs is 2. The highest BCUT2D eigenvalue weighted by molar-refractivity contribution is 6.38. The Balaban J connectivity index is 1.68. The minimum atomic E-state index is -0.0907. The normalized spacial score (nSPS) is 13.0. The van der Waals surface area contributed by atoms with Crippen LogP contribution in [0.5, 0.6) is 0 Å². The number of rotatable bonds is 3. The van der Waals surface area contributed by atoms with Crippen LogP contribution in [0.1, 0.15) is 51.6 Å². The summed E-state index contributed by atoms with van der Waals surface area (Å²) in [6.45, 7) is 11.0. The Morgan fingerprint density at radius 2 is 1.79 bits per heavy atom. The van der Waals surface area contributed by atoms with Gasteiger partial charge in [-0.25, -0.2) is 4.98 Å². The Bertz CT molecular complexity index is 1180. The molecule has 0 amide bonds. The van der Waals surface area contributed by atoms with Crippen LogP contribution < -0.4 is 0 Å². The third-order valence-corrected chi connectivity index (χ3v) is 5.85. The zero-order valence-electron chi connectivity index (χ0n) is 16.9. The average Bonchev–Trinajstić information content (AvgIpc) is 3.18. The van der Waals surface area contributed by atoms with Gasteiger partial charge in [0.1, 0.15) is 5.65 Å². The second-order valence-electron chi connectivity index (χ2n) is 9.27. The maximum atomic E-state index is 6.37. The number of nitrogens with one attached hydrogen (secondary N) is 1. The first kappa shape index (κ1) is 19.4. The molecule has 0 bridgehead atoms. The molecule has 4 aromatic rings. The molecular formula is C23H25Cl2N3. The first-order valence-corrected chi connectivity index (χ1v) is 10.2. The van der Waals surface area contributed by atoms with Crippen molar-refractivity contribution in [2.24, 2.45) is 0 Å². The number of nitrogens with zero attached hydrogens (tertiary/aromatic N) is 2. The molecule has 3 heterocycles. The van der Waals surface area contributed by atoms with E-state index in [0.717, 1.165) is 34.4 Å². The third kappa shape index (κ3) is 3.54. The fourth-order valence-corrected chi connectivity index (χ4v) is 4.17. The Labute approximate surface area is 175 Å². The summed E-state index contributed by atoms with van der Waals surface area (Å²) in [4.78, 5) is 8.34. The molecule has 0 unspecified atom stereocenters. The molecule has 0 aliphatic rings. The fraction of sp³-hybridized carbons (Fsp3) is 0.348. The number of imidazole rings is 1. The Hall–Kier alpha value is -1.97. The predicted octanol–water partition coefficient (Wildman–Crippen LogP) is 6.94. The van der Waals surface area contributed by atoms with Crippen LogP contribution in [0.3, 0.4) is 0 Å². The van der Waals surface area contributed by atoms with Crippen LogP contribution in [0.2, 0.25) is 10.0 Å². The van der Waals surface area contributed by atoms with Gasteiger partial charge in [0.15, 0.2) is 0 Å². The first-order chi connectivity index (χ1) is 13.0. The van der Waals surface area contributed by atoms with E-state index < -0.39 is 0 Å². The number of H-pyrrole nitrogens is 1. The van der Waals surface area contributed by atoms with Crippen molar-refractivity contribution < 1.29 is 0 Å². The molecule has 3 nitrogen and oxygen atoms in total. The van der Waals surface area contributed by atoms with E-state index in [4.69, 9.17) is 28.2 Å². The maximum Gasteiger partial charge on any atom is 0.137 e.